The molecule has 0 fully saturated rings. The number of carbonyl (C=O) groups is 1. The Hall–Kier alpha value is -3.28. The van der Waals surface area contributed by atoms with E-state index in [-0.39, 0.29) is 17.3 Å². The number of para-hydroxylation sites is 1. The first-order valence-electron chi connectivity index (χ1n) is 8.55. The Morgan fingerprint density at radius 1 is 1.07 bits per heavy atom. The quantitative estimate of drug-likeness (QED) is 0.684. The van der Waals surface area contributed by atoms with Gasteiger partial charge < -0.3 is 10.2 Å². The first kappa shape index (κ1) is 18.5. The van der Waals surface area contributed by atoms with Crippen LogP contribution in [0.25, 0.3) is 0 Å². The van der Waals surface area contributed by atoms with Crippen molar-refractivity contribution in [2.24, 2.45) is 0 Å². The number of halogens is 2. The largest absolute Gasteiger partial charge is 0.351 e. The van der Waals surface area contributed by atoms with Gasteiger partial charge in [0.05, 0.1) is 0 Å². The van der Waals surface area contributed by atoms with Crippen molar-refractivity contribution in [1.82, 2.24) is 4.98 Å². The number of hydrogen-bond donors (Lipinski definition) is 1. The monoisotopic (exact) mass is 367 g/mol. The lowest BCUT2D eigenvalue weighted by Gasteiger charge is -2.21. The molecular weight excluding hydrogens is 348 g/mol. The molecule has 6 heteroatoms. The lowest BCUT2D eigenvalue weighted by atomic mass is 10.2. The van der Waals surface area contributed by atoms with Crippen LogP contribution in [0.15, 0.2) is 60.8 Å². The van der Waals surface area contributed by atoms with Crippen molar-refractivity contribution in [3.63, 3.8) is 0 Å². The zero-order valence-corrected chi connectivity index (χ0v) is 15.0. The Labute approximate surface area is 156 Å². The summed E-state index contributed by atoms with van der Waals surface area (Å²) in [4.78, 5) is 18.6. The summed E-state index contributed by atoms with van der Waals surface area (Å²) >= 11 is 0. The molecule has 1 N–H and O–H groups in total. The average molecular weight is 367 g/mol. The molecule has 0 radical (unpaired) electrons. The molecule has 0 aliphatic carbocycles. The number of nitrogens with zero attached hydrogens (tertiary/aromatic N) is 2. The highest BCUT2D eigenvalue weighted by atomic mass is 19.1. The lowest BCUT2D eigenvalue weighted by Crippen LogP contribution is -2.31. The zero-order chi connectivity index (χ0) is 19.4. The Balaban J connectivity index is 1.89. The molecule has 1 amide bonds. The first-order chi connectivity index (χ1) is 13.0. The predicted molar refractivity (Wildman–Crippen MR) is 102 cm³/mol. The number of pyridine rings is 1. The van der Waals surface area contributed by atoms with Gasteiger partial charge in [-0.2, -0.15) is 0 Å². The topological polar surface area (TPSA) is 45.2 Å². The maximum atomic E-state index is 13.8. The van der Waals surface area contributed by atoms with Gasteiger partial charge in [0, 0.05) is 24.1 Å². The van der Waals surface area contributed by atoms with Crippen LogP contribution in [-0.4, -0.2) is 17.4 Å². The van der Waals surface area contributed by atoms with Gasteiger partial charge in [0.25, 0.3) is 5.91 Å². The number of rotatable bonds is 5. The molecule has 0 bridgehead atoms. The number of aromatic nitrogens is 1. The summed E-state index contributed by atoms with van der Waals surface area (Å²) in [6, 6.07) is 14.2. The molecule has 1 heterocycles. The fourth-order valence-electron chi connectivity index (χ4n) is 2.76. The van der Waals surface area contributed by atoms with Gasteiger partial charge in [-0.25, -0.2) is 8.78 Å². The van der Waals surface area contributed by atoms with Crippen LogP contribution in [0.4, 0.5) is 25.8 Å². The third-order valence-electron chi connectivity index (χ3n) is 4.09. The van der Waals surface area contributed by atoms with E-state index in [4.69, 9.17) is 0 Å². The summed E-state index contributed by atoms with van der Waals surface area (Å²) in [6.45, 7) is 4.29. The number of carbonyl (C=O) groups excluding carboxylic acids is 1. The second-order valence-electron chi connectivity index (χ2n) is 6.04. The van der Waals surface area contributed by atoms with Crippen molar-refractivity contribution in [3.05, 3.63) is 83.7 Å². The second kappa shape index (κ2) is 7.95. The molecular formula is C21H19F2N3O. The van der Waals surface area contributed by atoms with Crippen molar-refractivity contribution < 1.29 is 13.6 Å². The van der Waals surface area contributed by atoms with Crippen molar-refractivity contribution in [2.75, 3.05) is 16.8 Å². The fourth-order valence-corrected chi connectivity index (χ4v) is 2.76. The van der Waals surface area contributed by atoms with E-state index in [0.717, 1.165) is 23.4 Å². The van der Waals surface area contributed by atoms with Gasteiger partial charge in [-0.1, -0.05) is 18.2 Å². The molecule has 0 saturated heterocycles. The minimum atomic E-state index is -0.713. The van der Waals surface area contributed by atoms with E-state index in [0.29, 0.717) is 12.2 Å². The van der Waals surface area contributed by atoms with E-state index in [1.54, 1.807) is 11.0 Å². The lowest BCUT2D eigenvalue weighted by molar-refractivity contribution is 0.0983. The minimum absolute atomic E-state index is 0.181. The zero-order valence-electron chi connectivity index (χ0n) is 15.0. The molecule has 0 aliphatic rings. The van der Waals surface area contributed by atoms with Crippen LogP contribution in [0.2, 0.25) is 0 Å². The Morgan fingerprint density at radius 3 is 2.44 bits per heavy atom. The second-order valence-corrected chi connectivity index (χ2v) is 6.04. The normalized spacial score (nSPS) is 10.5. The molecule has 0 saturated carbocycles. The van der Waals surface area contributed by atoms with E-state index in [2.05, 4.69) is 10.3 Å². The Bertz CT molecular complexity index is 955. The van der Waals surface area contributed by atoms with Crippen LogP contribution >= 0.6 is 0 Å². The summed E-state index contributed by atoms with van der Waals surface area (Å²) in [5, 5.41) is 2.68. The smallest absolute Gasteiger partial charge is 0.276 e. The minimum Gasteiger partial charge on any atom is -0.351 e. The summed E-state index contributed by atoms with van der Waals surface area (Å²) in [6.07, 6.45) is 1.43. The molecule has 0 spiro atoms. The third kappa shape index (κ3) is 4.11. The maximum absolute atomic E-state index is 13.8. The van der Waals surface area contributed by atoms with Gasteiger partial charge in [0.15, 0.2) is 0 Å². The van der Waals surface area contributed by atoms with Crippen molar-refractivity contribution in [1.29, 1.82) is 0 Å². The third-order valence-corrected chi connectivity index (χ3v) is 4.09. The molecule has 138 valence electrons. The SMILES string of the molecule is CCN(C(=O)c1cc(Nc2c(F)cccc2F)ccn1)c1cccc(C)c1. The summed E-state index contributed by atoms with van der Waals surface area (Å²) < 4.78 is 27.7. The van der Waals surface area contributed by atoms with Crippen LogP contribution in [0.5, 0.6) is 0 Å². The van der Waals surface area contributed by atoms with E-state index in [1.165, 1.54) is 18.3 Å². The number of anilines is 3. The standard InChI is InChI=1S/C21H19F2N3O/c1-3-26(16-7-4-6-14(2)12-16)21(27)19-13-15(10-11-24-19)25-20-17(22)8-5-9-18(20)23/h4-13H,3H2,1-2H3,(H,24,25). The summed E-state index contributed by atoms with van der Waals surface area (Å²) in [5.74, 6) is -1.72. The van der Waals surface area contributed by atoms with Crippen LogP contribution in [0.3, 0.4) is 0 Å². The summed E-state index contributed by atoms with van der Waals surface area (Å²) in [7, 11) is 0. The number of aryl methyl sites for hydroxylation is 1. The Kier molecular flexibility index (Phi) is 5.45. The number of nitrogens with one attached hydrogen (secondary N) is 1. The highest BCUT2D eigenvalue weighted by molar-refractivity contribution is 6.05. The highest BCUT2D eigenvalue weighted by Crippen LogP contribution is 2.24. The van der Waals surface area contributed by atoms with Gasteiger partial charge in [0.2, 0.25) is 0 Å². The molecule has 2 aromatic carbocycles. The number of hydrogen-bond acceptors (Lipinski definition) is 3. The maximum Gasteiger partial charge on any atom is 0.276 e. The van der Waals surface area contributed by atoms with Crippen molar-refractivity contribution >= 4 is 23.0 Å². The van der Waals surface area contributed by atoms with Crippen LogP contribution in [0.1, 0.15) is 23.0 Å². The van der Waals surface area contributed by atoms with E-state index >= 15 is 0 Å². The molecule has 3 aromatic rings. The molecule has 1 aromatic heterocycles. The van der Waals surface area contributed by atoms with Gasteiger partial charge in [-0.05, 0) is 55.8 Å². The predicted octanol–water partition coefficient (Wildman–Crippen LogP) is 5.08. The number of benzene rings is 2. The fraction of sp³-hybridized carbons (Fsp3) is 0.143. The van der Waals surface area contributed by atoms with Crippen LogP contribution < -0.4 is 10.2 Å². The van der Waals surface area contributed by atoms with Crippen molar-refractivity contribution in [3.8, 4) is 0 Å². The van der Waals surface area contributed by atoms with Crippen molar-refractivity contribution in [2.45, 2.75) is 13.8 Å². The summed E-state index contributed by atoms with van der Waals surface area (Å²) in [5.41, 5.74) is 2.09. The van der Waals surface area contributed by atoms with Gasteiger partial charge in [0.1, 0.15) is 23.0 Å². The molecule has 4 nitrogen and oxygen atoms in total. The van der Waals surface area contributed by atoms with E-state index in [9.17, 15) is 13.6 Å². The molecule has 0 aliphatic heterocycles. The van der Waals surface area contributed by atoms with Gasteiger partial charge >= 0.3 is 0 Å². The highest BCUT2D eigenvalue weighted by Gasteiger charge is 2.18. The Morgan fingerprint density at radius 2 is 1.78 bits per heavy atom. The van der Waals surface area contributed by atoms with Crippen LogP contribution in [0, 0.1) is 18.6 Å². The first-order valence-corrected chi connectivity index (χ1v) is 8.55. The van der Waals surface area contributed by atoms with Gasteiger partial charge in [-0.3, -0.25) is 9.78 Å². The van der Waals surface area contributed by atoms with E-state index in [1.807, 2.05) is 38.1 Å². The van der Waals surface area contributed by atoms with E-state index < -0.39 is 11.6 Å². The molecule has 3 rings (SSSR count). The average Bonchev–Trinajstić information content (AvgIpc) is 2.66. The number of amides is 1. The molecule has 0 atom stereocenters. The molecule has 27 heavy (non-hydrogen) atoms. The van der Waals surface area contributed by atoms with Crippen LogP contribution in [-0.2, 0) is 0 Å². The molecule has 0 unspecified atom stereocenters. The van der Waals surface area contributed by atoms with Gasteiger partial charge in [-0.15, -0.1) is 0 Å².